The van der Waals surface area contributed by atoms with Crippen molar-refractivity contribution in [2.24, 2.45) is 0 Å². The molecular formula is C38H35N3O9. The van der Waals surface area contributed by atoms with Gasteiger partial charge in [0, 0.05) is 19.0 Å². The second-order valence-corrected chi connectivity index (χ2v) is 13.5. The van der Waals surface area contributed by atoms with E-state index in [4.69, 9.17) is 18.7 Å². The summed E-state index contributed by atoms with van der Waals surface area (Å²) in [5.74, 6) is -2.23. The molecule has 50 heavy (non-hydrogen) atoms. The summed E-state index contributed by atoms with van der Waals surface area (Å²) in [6.45, 7) is 7.27. The number of hydroxylamine groups is 2. The molecule has 4 aromatic rings. The number of rotatable bonds is 7. The molecule has 3 aromatic carbocycles. The van der Waals surface area contributed by atoms with Gasteiger partial charge in [-0.05, 0) is 68.1 Å². The number of fused-ring (bicyclic) bond motifs is 4. The van der Waals surface area contributed by atoms with E-state index < -0.39 is 41.6 Å². The number of aryl methyl sites for hydroxylation is 1. The zero-order valence-electron chi connectivity index (χ0n) is 28.0. The monoisotopic (exact) mass is 677 g/mol. The maximum absolute atomic E-state index is 13.9. The number of hydrogen-bond donors (Lipinski definition) is 0. The van der Waals surface area contributed by atoms with Gasteiger partial charge in [0.2, 0.25) is 0 Å². The van der Waals surface area contributed by atoms with Crippen LogP contribution in [0.3, 0.4) is 0 Å². The first-order valence-corrected chi connectivity index (χ1v) is 16.3. The molecule has 0 atom stereocenters. The molecule has 3 heterocycles. The van der Waals surface area contributed by atoms with Crippen LogP contribution in [0.4, 0.5) is 9.59 Å². The van der Waals surface area contributed by atoms with Crippen LogP contribution in [-0.4, -0.2) is 76.2 Å². The van der Waals surface area contributed by atoms with E-state index >= 15 is 0 Å². The van der Waals surface area contributed by atoms with Gasteiger partial charge in [0.25, 0.3) is 11.8 Å². The van der Waals surface area contributed by atoms with Crippen LogP contribution >= 0.6 is 0 Å². The lowest BCUT2D eigenvalue weighted by Gasteiger charge is -2.44. The zero-order chi connectivity index (χ0) is 35.3. The maximum atomic E-state index is 13.9. The van der Waals surface area contributed by atoms with Gasteiger partial charge in [-0.2, -0.15) is 0 Å². The number of carbonyl (C=O) groups excluding carboxylic acids is 5. The van der Waals surface area contributed by atoms with Crippen molar-refractivity contribution in [2.75, 3.05) is 19.7 Å². The molecule has 12 nitrogen and oxygen atoms in total. The molecule has 256 valence electrons. The van der Waals surface area contributed by atoms with Crippen LogP contribution in [-0.2, 0) is 20.9 Å². The summed E-state index contributed by atoms with van der Waals surface area (Å²) in [4.78, 5) is 73.5. The Kier molecular flexibility index (Phi) is 8.17. The molecule has 0 bridgehead atoms. The molecule has 0 saturated carbocycles. The number of furan rings is 1. The van der Waals surface area contributed by atoms with E-state index in [9.17, 15) is 24.0 Å². The predicted molar refractivity (Wildman–Crippen MR) is 178 cm³/mol. The lowest BCUT2D eigenvalue weighted by Crippen LogP contribution is -2.62. The van der Waals surface area contributed by atoms with Gasteiger partial charge in [0.05, 0.1) is 23.7 Å². The number of likely N-dealkylation sites (tertiary alicyclic amines) is 1. The molecule has 2 aliphatic heterocycles. The maximum Gasteiger partial charge on any atom is 0.410 e. The largest absolute Gasteiger partial charge is 0.464 e. The molecule has 4 amide bonds. The van der Waals surface area contributed by atoms with Gasteiger partial charge in [-0.1, -0.05) is 65.7 Å². The summed E-state index contributed by atoms with van der Waals surface area (Å²) in [6, 6.07) is 23.2. The minimum Gasteiger partial charge on any atom is -0.464 e. The highest BCUT2D eigenvalue weighted by Crippen LogP contribution is 2.44. The van der Waals surface area contributed by atoms with Crippen LogP contribution in [0.2, 0.25) is 0 Å². The molecule has 1 aromatic heterocycles. The average molecular weight is 678 g/mol. The lowest BCUT2D eigenvalue weighted by molar-refractivity contribution is -0.0585. The Bertz CT molecular complexity index is 1960. The topological polar surface area (TPSA) is 136 Å². The second kappa shape index (κ2) is 12.5. The van der Waals surface area contributed by atoms with Crippen LogP contribution in [0.1, 0.15) is 80.4 Å². The summed E-state index contributed by atoms with van der Waals surface area (Å²) in [6.07, 6.45) is -1.11. The highest BCUT2D eigenvalue weighted by atomic mass is 16.7. The number of ether oxygens (including phenoxy) is 2. The number of hydrogen-bond acceptors (Lipinski definition) is 9. The number of carbonyl (C=O) groups is 5. The first kappa shape index (κ1) is 32.6. The third-order valence-electron chi connectivity index (χ3n) is 8.97. The SMILES string of the molecule is Cc1oc(CN(C(=O)OCC2c3ccccc3-c3ccccc32)C2CN(C(=O)OC(C)(C)C)C2)cc1C(=O)ON1C(=O)c2ccccc2C1=O. The van der Waals surface area contributed by atoms with E-state index in [2.05, 4.69) is 12.1 Å². The number of benzene rings is 3. The van der Waals surface area contributed by atoms with Crippen molar-refractivity contribution in [2.45, 2.75) is 51.8 Å². The molecule has 0 spiro atoms. The lowest BCUT2D eigenvalue weighted by atomic mass is 9.98. The molecule has 12 heteroatoms. The first-order chi connectivity index (χ1) is 23.9. The van der Waals surface area contributed by atoms with Crippen molar-refractivity contribution in [3.8, 4) is 11.1 Å². The highest BCUT2D eigenvalue weighted by molar-refractivity contribution is 6.21. The molecule has 7 rings (SSSR count). The van der Waals surface area contributed by atoms with Crippen LogP contribution in [0, 0.1) is 6.92 Å². The fraction of sp³-hybridized carbons (Fsp3) is 0.289. The Labute approximate surface area is 288 Å². The van der Waals surface area contributed by atoms with E-state index in [1.165, 1.54) is 34.9 Å². The van der Waals surface area contributed by atoms with Gasteiger partial charge in [-0.15, -0.1) is 0 Å². The zero-order valence-corrected chi connectivity index (χ0v) is 28.0. The van der Waals surface area contributed by atoms with E-state index in [1.807, 2.05) is 36.4 Å². The first-order valence-electron chi connectivity index (χ1n) is 16.3. The van der Waals surface area contributed by atoms with Crippen LogP contribution in [0.15, 0.2) is 83.3 Å². The molecule has 1 fully saturated rings. The second-order valence-electron chi connectivity index (χ2n) is 13.5. The van der Waals surface area contributed by atoms with E-state index in [1.54, 1.807) is 32.9 Å². The molecule has 0 unspecified atom stereocenters. The van der Waals surface area contributed by atoms with Crippen molar-refractivity contribution in [3.05, 3.63) is 118 Å². The standard InChI is InChI=1S/C38H35N3O9/c1-22-31(35(44)50-41-33(42)29-15-9-10-16-30(29)34(41)43)17-24(48-22)20-40(23-18-39(19-23)36(45)49-38(2,3)4)37(46)47-21-32-27-13-7-5-11-25(27)26-12-6-8-14-28(26)32/h5-17,23,32H,18-21H2,1-4H3. The number of nitrogens with zero attached hydrogens (tertiary/aromatic N) is 3. The Balaban J connectivity index is 1.08. The molecule has 1 aliphatic carbocycles. The summed E-state index contributed by atoms with van der Waals surface area (Å²) in [5.41, 5.74) is 3.89. The minimum absolute atomic E-state index is 0.0203. The minimum atomic E-state index is -0.973. The third kappa shape index (κ3) is 5.97. The summed E-state index contributed by atoms with van der Waals surface area (Å²) in [7, 11) is 0. The molecule has 0 radical (unpaired) electrons. The van der Waals surface area contributed by atoms with Gasteiger partial charge >= 0.3 is 18.2 Å². The normalized spacial score (nSPS) is 15.3. The van der Waals surface area contributed by atoms with Gasteiger partial charge in [0.1, 0.15) is 29.3 Å². The fourth-order valence-electron chi connectivity index (χ4n) is 6.52. The molecule has 3 aliphatic rings. The number of imide groups is 1. The Hall–Kier alpha value is -5.91. The van der Waals surface area contributed by atoms with Crippen molar-refractivity contribution in [1.82, 2.24) is 14.9 Å². The summed E-state index contributed by atoms with van der Waals surface area (Å²) in [5, 5.41) is 0.432. The summed E-state index contributed by atoms with van der Waals surface area (Å²) >= 11 is 0. The third-order valence-corrected chi connectivity index (χ3v) is 8.97. The fourth-order valence-corrected chi connectivity index (χ4v) is 6.52. The van der Waals surface area contributed by atoms with E-state index in [0.717, 1.165) is 22.3 Å². The Morgan fingerprint density at radius 2 is 1.38 bits per heavy atom. The van der Waals surface area contributed by atoms with Crippen LogP contribution in [0.5, 0.6) is 0 Å². The van der Waals surface area contributed by atoms with Gasteiger partial charge in [-0.3, -0.25) is 14.5 Å². The van der Waals surface area contributed by atoms with Gasteiger partial charge in [0.15, 0.2) is 0 Å². The van der Waals surface area contributed by atoms with Crippen LogP contribution in [0.25, 0.3) is 11.1 Å². The van der Waals surface area contributed by atoms with Crippen molar-refractivity contribution < 1.29 is 42.7 Å². The van der Waals surface area contributed by atoms with E-state index in [-0.39, 0.29) is 60.4 Å². The quantitative estimate of drug-likeness (QED) is 0.206. The number of amides is 4. The Morgan fingerprint density at radius 3 is 1.94 bits per heavy atom. The predicted octanol–water partition coefficient (Wildman–Crippen LogP) is 6.33. The smallest absolute Gasteiger partial charge is 0.410 e. The van der Waals surface area contributed by atoms with Crippen molar-refractivity contribution >= 4 is 30.0 Å². The molecular weight excluding hydrogens is 642 g/mol. The van der Waals surface area contributed by atoms with Gasteiger partial charge < -0.3 is 23.6 Å². The van der Waals surface area contributed by atoms with Crippen LogP contribution < -0.4 is 0 Å². The van der Waals surface area contributed by atoms with Crippen molar-refractivity contribution in [1.29, 1.82) is 0 Å². The summed E-state index contributed by atoms with van der Waals surface area (Å²) < 4.78 is 17.4. The highest BCUT2D eigenvalue weighted by Gasteiger charge is 2.42. The Morgan fingerprint density at radius 1 is 0.840 bits per heavy atom. The van der Waals surface area contributed by atoms with Gasteiger partial charge in [-0.25, -0.2) is 14.4 Å². The molecule has 0 N–H and O–H groups in total. The molecule has 1 saturated heterocycles. The average Bonchev–Trinajstić information content (AvgIpc) is 3.67. The van der Waals surface area contributed by atoms with E-state index in [0.29, 0.717) is 5.06 Å². The van der Waals surface area contributed by atoms with Crippen molar-refractivity contribution in [3.63, 3.8) is 0 Å².